The van der Waals surface area contributed by atoms with Crippen molar-refractivity contribution in [2.75, 3.05) is 18.4 Å². The summed E-state index contributed by atoms with van der Waals surface area (Å²) in [7, 11) is -3.75. The molecule has 3 N–H and O–H groups in total. The molecule has 2 amide bonds. The third-order valence-corrected chi connectivity index (χ3v) is 4.75. The average Bonchev–Trinajstić information content (AvgIpc) is 2.86. The van der Waals surface area contributed by atoms with Crippen LogP contribution in [0.25, 0.3) is 0 Å². The third kappa shape index (κ3) is 4.52. The molecule has 0 spiro atoms. The van der Waals surface area contributed by atoms with Crippen LogP contribution < -0.4 is 10.5 Å². The number of nitrogens with zero attached hydrogens (tertiary/aromatic N) is 1. The van der Waals surface area contributed by atoms with Gasteiger partial charge in [0.1, 0.15) is 0 Å². The van der Waals surface area contributed by atoms with Gasteiger partial charge >= 0.3 is 0 Å². The van der Waals surface area contributed by atoms with E-state index in [0.29, 0.717) is 18.8 Å². The Kier molecular flexibility index (Phi) is 5.38. The second kappa shape index (κ2) is 7.10. The lowest BCUT2D eigenvalue weighted by Gasteiger charge is -2.16. The molecule has 7 nitrogen and oxygen atoms in total. The van der Waals surface area contributed by atoms with E-state index in [1.807, 2.05) is 0 Å². The largest absolute Gasteiger partial charge is 0.342 e. The molecule has 8 heteroatoms. The maximum Gasteiger partial charge on any atom is 0.238 e. The van der Waals surface area contributed by atoms with Crippen molar-refractivity contribution in [3.05, 3.63) is 24.3 Å². The fourth-order valence-corrected chi connectivity index (χ4v) is 3.00. The van der Waals surface area contributed by atoms with E-state index in [1.165, 1.54) is 24.3 Å². The highest BCUT2D eigenvalue weighted by Crippen LogP contribution is 2.21. The van der Waals surface area contributed by atoms with Crippen molar-refractivity contribution in [3.8, 4) is 0 Å². The molecule has 0 aromatic heterocycles. The summed E-state index contributed by atoms with van der Waals surface area (Å²) < 4.78 is 22.4. The Balaban J connectivity index is 1.96. The summed E-state index contributed by atoms with van der Waals surface area (Å²) in [6, 6.07) is 5.61. The predicted molar refractivity (Wildman–Crippen MR) is 86.0 cm³/mol. The number of likely N-dealkylation sites (tertiary alicyclic amines) is 1. The van der Waals surface area contributed by atoms with E-state index in [2.05, 4.69) is 12.2 Å². The fourth-order valence-electron chi connectivity index (χ4n) is 2.49. The Morgan fingerprint density at radius 2 is 2.00 bits per heavy atom. The molecule has 0 saturated carbocycles. The Morgan fingerprint density at radius 3 is 2.57 bits per heavy atom. The first kappa shape index (κ1) is 17.4. The molecule has 0 bridgehead atoms. The van der Waals surface area contributed by atoms with Crippen molar-refractivity contribution in [2.24, 2.45) is 11.1 Å². The predicted octanol–water partition coefficient (Wildman–Crippen LogP) is 0.921. The summed E-state index contributed by atoms with van der Waals surface area (Å²) in [5.41, 5.74) is 0.474. The van der Waals surface area contributed by atoms with Gasteiger partial charge in [0, 0.05) is 25.2 Å². The van der Waals surface area contributed by atoms with E-state index >= 15 is 0 Å². The lowest BCUT2D eigenvalue weighted by Crippen LogP contribution is -2.29. The number of amides is 2. The number of benzene rings is 1. The molecule has 1 saturated heterocycles. The molecule has 0 aliphatic carbocycles. The van der Waals surface area contributed by atoms with Crippen LogP contribution in [0.4, 0.5) is 5.69 Å². The van der Waals surface area contributed by atoms with Crippen LogP contribution in [0.2, 0.25) is 0 Å². The Labute approximate surface area is 135 Å². The molecular formula is C15H21N3O4S. The van der Waals surface area contributed by atoms with Gasteiger partial charge in [0.2, 0.25) is 21.8 Å². The van der Waals surface area contributed by atoms with E-state index < -0.39 is 10.0 Å². The molecule has 1 aliphatic heterocycles. The molecule has 1 heterocycles. The smallest absolute Gasteiger partial charge is 0.238 e. The highest BCUT2D eigenvalue weighted by Gasteiger charge is 2.33. The second-order valence-electron chi connectivity index (χ2n) is 5.65. The average molecular weight is 339 g/mol. The molecule has 1 fully saturated rings. The lowest BCUT2D eigenvalue weighted by molar-refractivity contribution is -0.128. The molecule has 23 heavy (non-hydrogen) atoms. The summed E-state index contributed by atoms with van der Waals surface area (Å²) in [5.74, 6) is -0.610. The molecular weight excluding hydrogens is 318 g/mol. The maximum atomic E-state index is 12.2. The number of unbranched alkanes of at least 4 members (excludes halogenated alkanes) is 1. The van der Waals surface area contributed by atoms with Crippen LogP contribution in [-0.2, 0) is 19.6 Å². The molecule has 1 atom stereocenters. The third-order valence-electron chi connectivity index (χ3n) is 3.82. The first-order valence-electron chi connectivity index (χ1n) is 7.52. The zero-order valence-electron chi connectivity index (χ0n) is 13.0. The Hall–Kier alpha value is -1.93. The van der Waals surface area contributed by atoms with Crippen molar-refractivity contribution in [3.63, 3.8) is 0 Å². The number of primary sulfonamides is 1. The summed E-state index contributed by atoms with van der Waals surface area (Å²) >= 11 is 0. The van der Waals surface area contributed by atoms with Crippen molar-refractivity contribution >= 4 is 27.5 Å². The van der Waals surface area contributed by atoms with Gasteiger partial charge in [-0.15, -0.1) is 0 Å². The first-order valence-corrected chi connectivity index (χ1v) is 9.07. The van der Waals surface area contributed by atoms with Crippen molar-refractivity contribution < 1.29 is 18.0 Å². The number of rotatable bonds is 6. The number of hydrogen-bond donors (Lipinski definition) is 2. The van der Waals surface area contributed by atoms with Gasteiger partial charge in [-0.25, -0.2) is 13.6 Å². The molecule has 0 radical (unpaired) electrons. The van der Waals surface area contributed by atoms with Crippen LogP contribution in [0.5, 0.6) is 0 Å². The van der Waals surface area contributed by atoms with Gasteiger partial charge in [-0.1, -0.05) is 13.3 Å². The van der Waals surface area contributed by atoms with Crippen LogP contribution >= 0.6 is 0 Å². The van der Waals surface area contributed by atoms with Gasteiger partial charge in [0.05, 0.1) is 10.8 Å². The summed E-state index contributed by atoms with van der Waals surface area (Å²) in [5, 5.41) is 7.73. The van der Waals surface area contributed by atoms with E-state index in [9.17, 15) is 18.0 Å². The summed E-state index contributed by atoms with van der Waals surface area (Å²) in [6.07, 6.45) is 2.14. The second-order valence-corrected chi connectivity index (χ2v) is 7.21. The lowest BCUT2D eigenvalue weighted by atomic mass is 10.1. The quantitative estimate of drug-likeness (QED) is 0.803. The van der Waals surface area contributed by atoms with Gasteiger partial charge in [-0.2, -0.15) is 0 Å². The molecule has 126 valence electrons. The number of nitrogens with one attached hydrogen (secondary N) is 1. The number of carbonyl (C=O) groups excluding carboxylic acids is 2. The van der Waals surface area contributed by atoms with Crippen molar-refractivity contribution in [1.29, 1.82) is 0 Å². The molecule has 1 aromatic rings. The van der Waals surface area contributed by atoms with E-state index in [4.69, 9.17) is 5.14 Å². The van der Waals surface area contributed by atoms with Crippen LogP contribution in [0.15, 0.2) is 29.2 Å². The highest BCUT2D eigenvalue weighted by molar-refractivity contribution is 7.89. The minimum absolute atomic E-state index is 0.00294. The maximum absolute atomic E-state index is 12.2. The number of carbonyl (C=O) groups is 2. The Bertz CT molecular complexity index is 685. The van der Waals surface area contributed by atoms with E-state index in [0.717, 1.165) is 12.8 Å². The zero-order valence-corrected chi connectivity index (χ0v) is 13.8. The van der Waals surface area contributed by atoms with Gasteiger partial charge in [-0.05, 0) is 30.7 Å². The van der Waals surface area contributed by atoms with Gasteiger partial charge < -0.3 is 10.2 Å². The minimum Gasteiger partial charge on any atom is -0.342 e. The van der Waals surface area contributed by atoms with Crippen LogP contribution in [-0.4, -0.2) is 38.2 Å². The number of anilines is 1. The monoisotopic (exact) mass is 339 g/mol. The van der Waals surface area contributed by atoms with Crippen molar-refractivity contribution in [2.45, 2.75) is 31.1 Å². The molecule has 2 rings (SSSR count). The van der Waals surface area contributed by atoms with Gasteiger partial charge in [0.25, 0.3) is 0 Å². The van der Waals surface area contributed by atoms with E-state index in [-0.39, 0.29) is 29.0 Å². The standard InChI is InChI=1S/C15H21N3O4S/c1-2-3-8-18-10-11(9-14(18)19)15(20)17-12-4-6-13(7-5-12)23(16,21)22/h4-7,11H,2-3,8-10H2,1H3,(H,17,20)(H2,16,21,22). The normalized spacial score (nSPS) is 18.3. The summed E-state index contributed by atoms with van der Waals surface area (Å²) in [4.78, 5) is 25.8. The van der Waals surface area contributed by atoms with Crippen LogP contribution in [0.3, 0.4) is 0 Å². The Morgan fingerprint density at radius 1 is 1.35 bits per heavy atom. The van der Waals surface area contributed by atoms with Crippen LogP contribution in [0, 0.1) is 5.92 Å². The fraction of sp³-hybridized carbons (Fsp3) is 0.467. The zero-order chi connectivity index (χ0) is 17.0. The highest BCUT2D eigenvalue weighted by atomic mass is 32.2. The number of nitrogens with two attached hydrogens (primary N) is 1. The number of hydrogen-bond acceptors (Lipinski definition) is 4. The number of sulfonamides is 1. The molecule has 1 unspecified atom stereocenters. The molecule has 1 aliphatic rings. The molecule has 1 aromatic carbocycles. The van der Waals surface area contributed by atoms with Gasteiger partial charge in [0.15, 0.2) is 0 Å². The topological polar surface area (TPSA) is 110 Å². The SMILES string of the molecule is CCCCN1CC(C(=O)Nc2ccc(S(N)(=O)=O)cc2)CC1=O. The van der Waals surface area contributed by atoms with Crippen LogP contribution in [0.1, 0.15) is 26.2 Å². The first-order chi connectivity index (χ1) is 10.8. The minimum atomic E-state index is -3.75. The van der Waals surface area contributed by atoms with Crippen molar-refractivity contribution in [1.82, 2.24) is 4.90 Å². The summed E-state index contributed by atoms with van der Waals surface area (Å²) in [6.45, 7) is 3.16. The van der Waals surface area contributed by atoms with E-state index in [1.54, 1.807) is 4.90 Å². The van der Waals surface area contributed by atoms with Gasteiger partial charge in [-0.3, -0.25) is 9.59 Å².